The fourth-order valence-electron chi connectivity index (χ4n) is 2.76. The normalized spacial score (nSPS) is 46.8. The van der Waals surface area contributed by atoms with Crippen molar-refractivity contribution in [3.05, 3.63) is 0 Å². The Morgan fingerprint density at radius 2 is 2.20 bits per heavy atom. The van der Waals surface area contributed by atoms with E-state index in [9.17, 15) is 0 Å². The molecule has 0 aromatic carbocycles. The van der Waals surface area contributed by atoms with E-state index in [0.29, 0.717) is 0 Å². The van der Waals surface area contributed by atoms with Gasteiger partial charge in [-0.25, -0.2) is 0 Å². The van der Waals surface area contributed by atoms with Crippen molar-refractivity contribution in [1.29, 1.82) is 0 Å². The van der Waals surface area contributed by atoms with Crippen LogP contribution in [0.4, 0.5) is 0 Å². The van der Waals surface area contributed by atoms with Gasteiger partial charge >= 0.3 is 0 Å². The molecule has 0 heteroatoms. The van der Waals surface area contributed by atoms with Crippen LogP contribution in [0.15, 0.2) is 0 Å². The van der Waals surface area contributed by atoms with E-state index in [1.807, 2.05) is 0 Å². The van der Waals surface area contributed by atoms with E-state index in [0.717, 1.165) is 11.8 Å². The Bertz CT molecular complexity index is 128. The zero-order chi connectivity index (χ0) is 7.14. The lowest BCUT2D eigenvalue weighted by molar-refractivity contribution is 0.319. The van der Waals surface area contributed by atoms with Crippen LogP contribution >= 0.6 is 0 Å². The van der Waals surface area contributed by atoms with Crippen LogP contribution in [0.1, 0.15) is 39.5 Å². The Balaban J connectivity index is 1.92. The predicted octanol–water partition coefficient (Wildman–Crippen LogP) is 3.08. The van der Waals surface area contributed by atoms with Crippen molar-refractivity contribution in [2.24, 2.45) is 23.7 Å². The van der Waals surface area contributed by atoms with Crippen molar-refractivity contribution < 1.29 is 0 Å². The number of fused-ring (bicyclic) bond motifs is 1. The van der Waals surface area contributed by atoms with Gasteiger partial charge in [-0.1, -0.05) is 20.3 Å². The average molecular weight is 138 g/mol. The van der Waals surface area contributed by atoms with Gasteiger partial charge in [0.2, 0.25) is 0 Å². The Hall–Kier alpha value is 0. The van der Waals surface area contributed by atoms with Crippen LogP contribution in [0.2, 0.25) is 0 Å². The molecule has 4 atom stereocenters. The molecule has 0 N–H and O–H groups in total. The zero-order valence-electron chi connectivity index (χ0n) is 7.14. The van der Waals surface area contributed by atoms with Crippen molar-refractivity contribution in [3.63, 3.8) is 0 Å². The molecule has 0 radical (unpaired) electrons. The maximum Gasteiger partial charge on any atom is -0.0352 e. The van der Waals surface area contributed by atoms with E-state index in [-0.39, 0.29) is 0 Å². The molecule has 0 nitrogen and oxygen atoms in total. The summed E-state index contributed by atoms with van der Waals surface area (Å²) in [5, 5.41) is 0. The minimum Gasteiger partial charge on any atom is -0.0651 e. The first-order chi connectivity index (χ1) is 4.83. The first-order valence-electron chi connectivity index (χ1n) is 4.83. The first kappa shape index (κ1) is 6.69. The highest BCUT2D eigenvalue weighted by atomic mass is 14.5. The second-order valence-corrected chi connectivity index (χ2v) is 4.29. The smallest absolute Gasteiger partial charge is 0.0352 e. The summed E-state index contributed by atoms with van der Waals surface area (Å²) >= 11 is 0. The average Bonchev–Trinajstić information content (AvgIpc) is 2.62. The second-order valence-electron chi connectivity index (χ2n) is 4.29. The molecule has 0 spiro atoms. The molecule has 58 valence electrons. The number of hydrogen-bond donors (Lipinski definition) is 0. The van der Waals surface area contributed by atoms with Gasteiger partial charge in [0.05, 0.1) is 0 Å². The topological polar surface area (TPSA) is 0 Å². The van der Waals surface area contributed by atoms with Gasteiger partial charge in [-0.05, 0) is 42.9 Å². The standard InChI is InChI=1S/C10H18/c1-3-7(2)9-5-4-8-6-10(8)9/h7-10H,3-6H2,1-2H3. The summed E-state index contributed by atoms with van der Waals surface area (Å²) in [5.41, 5.74) is 0. The lowest BCUT2D eigenvalue weighted by Crippen LogP contribution is -2.09. The van der Waals surface area contributed by atoms with Crippen LogP contribution in [-0.4, -0.2) is 0 Å². The zero-order valence-corrected chi connectivity index (χ0v) is 7.14. The molecule has 2 aliphatic rings. The van der Waals surface area contributed by atoms with Crippen LogP contribution in [-0.2, 0) is 0 Å². The third-order valence-electron chi connectivity index (χ3n) is 3.77. The molecule has 0 aromatic rings. The molecule has 0 amide bonds. The van der Waals surface area contributed by atoms with Gasteiger partial charge in [0, 0.05) is 0 Å². The summed E-state index contributed by atoms with van der Waals surface area (Å²) in [7, 11) is 0. The third kappa shape index (κ3) is 0.889. The molecule has 0 saturated heterocycles. The highest BCUT2D eigenvalue weighted by Crippen LogP contribution is 2.57. The van der Waals surface area contributed by atoms with E-state index in [1.165, 1.54) is 18.3 Å². The molecule has 0 aliphatic heterocycles. The van der Waals surface area contributed by atoms with Gasteiger partial charge in [-0.3, -0.25) is 0 Å². The summed E-state index contributed by atoms with van der Waals surface area (Å²) in [6, 6.07) is 0. The fourth-order valence-corrected chi connectivity index (χ4v) is 2.76. The van der Waals surface area contributed by atoms with Crippen molar-refractivity contribution in [2.45, 2.75) is 39.5 Å². The maximum atomic E-state index is 2.44. The van der Waals surface area contributed by atoms with Gasteiger partial charge in [0.25, 0.3) is 0 Å². The Morgan fingerprint density at radius 3 is 2.60 bits per heavy atom. The molecule has 0 aromatic heterocycles. The van der Waals surface area contributed by atoms with Gasteiger partial charge in [-0.15, -0.1) is 0 Å². The molecule has 2 aliphatic carbocycles. The fraction of sp³-hybridized carbons (Fsp3) is 1.00. The third-order valence-corrected chi connectivity index (χ3v) is 3.77. The van der Waals surface area contributed by atoms with E-state index < -0.39 is 0 Å². The molecule has 2 rings (SSSR count). The molecule has 0 heterocycles. The van der Waals surface area contributed by atoms with E-state index in [2.05, 4.69) is 13.8 Å². The van der Waals surface area contributed by atoms with Crippen LogP contribution in [0, 0.1) is 23.7 Å². The second kappa shape index (κ2) is 2.25. The van der Waals surface area contributed by atoms with Gasteiger partial charge in [-0.2, -0.15) is 0 Å². The summed E-state index contributed by atoms with van der Waals surface area (Å²) < 4.78 is 0. The summed E-state index contributed by atoms with van der Waals surface area (Å²) in [5.74, 6) is 4.49. The minimum atomic E-state index is 1.01. The first-order valence-corrected chi connectivity index (χ1v) is 4.83. The number of hydrogen-bond acceptors (Lipinski definition) is 0. The monoisotopic (exact) mass is 138 g/mol. The molecule has 10 heavy (non-hydrogen) atoms. The predicted molar refractivity (Wildman–Crippen MR) is 43.8 cm³/mol. The minimum absolute atomic E-state index is 1.01. The van der Waals surface area contributed by atoms with E-state index in [4.69, 9.17) is 0 Å². The van der Waals surface area contributed by atoms with Crippen LogP contribution in [0.5, 0.6) is 0 Å². The van der Waals surface area contributed by atoms with E-state index >= 15 is 0 Å². The van der Waals surface area contributed by atoms with Gasteiger partial charge < -0.3 is 0 Å². The molecule has 4 unspecified atom stereocenters. The highest BCUT2D eigenvalue weighted by molar-refractivity contribution is 4.98. The largest absolute Gasteiger partial charge is 0.0651 e. The Kier molecular flexibility index (Phi) is 1.51. The molecular weight excluding hydrogens is 120 g/mol. The van der Waals surface area contributed by atoms with Gasteiger partial charge in [0.1, 0.15) is 0 Å². The number of rotatable bonds is 2. The Morgan fingerprint density at radius 1 is 1.40 bits per heavy atom. The lowest BCUT2D eigenvalue weighted by Gasteiger charge is -2.18. The summed E-state index contributed by atoms with van der Waals surface area (Å²) in [6.45, 7) is 4.77. The molecule has 2 saturated carbocycles. The van der Waals surface area contributed by atoms with Crippen molar-refractivity contribution in [2.75, 3.05) is 0 Å². The highest BCUT2D eigenvalue weighted by Gasteiger charge is 2.48. The van der Waals surface area contributed by atoms with Gasteiger partial charge in [0.15, 0.2) is 0 Å². The van der Waals surface area contributed by atoms with Crippen molar-refractivity contribution >= 4 is 0 Å². The summed E-state index contributed by atoms with van der Waals surface area (Å²) in [4.78, 5) is 0. The molecule has 2 fully saturated rings. The van der Waals surface area contributed by atoms with Crippen molar-refractivity contribution in [1.82, 2.24) is 0 Å². The SMILES string of the molecule is CCC(C)C1CCC2CC21. The van der Waals surface area contributed by atoms with Crippen LogP contribution < -0.4 is 0 Å². The lowest BCUT2D eigenvalue weighted by atomic mass is 9.88. The molecular formula is C10H18. The van der Waals surface area contributed by atoms with Crippen LogP contribution in [0.3, 0.4) is 0 Å². The quantitative estimate of drug-likeness (QED) is 0.550. The van der Waals surface area contributed by atoms with Crippen molar-refractivity contribution in [3.8, 4) is 0 Å². The van der Waals surface area contributed by atoms with E-state index in [1.54, 1.807) is 19.3 Å². The Labute approximate surface area is 64.0 Å². The molecule has 0 bridgehead atoms. The maximum absolute atomic E-state index is 2.44. The van der Waals surface area contributed by atoms with Crippen LogP contribution in [0.25, 0.3) is 0 Å². The summed E-state index contributed by atoms with van der Waals surface area (Å²) in [6.07, 6.45) is 6.08.